The van der Waals surface area contributed by atoms with Gasteiger partial charge >= 0.3 is 5.97 Å². The number of hydrogen-bond acceptors (Lipinski definition) is 3. The van der Waals surface area contributed by atoms with E-state index in [2.05, 4.69) is 0 Å². The van der Waals surface area contributed by atoms with E-state index < -0.39 is 5.97 Å². The van der Waals surface area contributed by atoms with Crippen molar-refractivity contribution in [3.05, 3.63) is 22.8 Å². The first-order valence-corrected chi connectivity index (χ1v) is 6.43. The minimum absolute atomic E-state index is 0.197. The summed E-state index contributed by atoms with van der Waals surface area (Å²) in [5.74, 6) is 1.02. The lowest BCUT2D eigenvalue weighted by Crippen LogP contribution is -2.04. The largest absolute Gasteiger partial charge is 0.496 e. The highest BCUT2D eigenvalue weighted by Crippen LogP contribution is 2.44. The Hall–Kier alpha value is -1.71. The zero-order chi connectivity index (χ0) is 14.2. The summed E-state index contributed by atoms with van der Waals surface area (Å²) in [4.78, 5) is 10.9. The van der Waals surface area contributed by atoms with Crippen LogP contribution in [0.5, 0.6) is 11.5 Å². The van der Waals surface area contributed by atoms with Crippen molar-refractivity contribution >= 4 is 5.97 Å². The number of methoxy groups -OCH3 is 2. The standard InChI is InChI=1S/C15H20O4/c1-8-9(2)14(19-4)11(7-13(8)18-3)5-10-6-12(10)15(16)17/h7,10,12H,5-6H2,1-4H3,(H,16,17). The summed E-state index contributed by atoms with van der Waals surface area (Å²) >= 11 is 0. The molecule has 1 aromatic carbocycles. The van der Waals surface area contributed by atoms with Crippen LogP contribution in [-0.2, 0) is 11.2 Å². The van der Waals surface area contributed by atoms with Gasteiger partial charge in [-0.1, -0.05) is 0 Å². The Morgan fingerprint density at radius 1 is 1.32 bits per heavy atom. The third-order valence-electron chi connectivity index (χ3n) is 4.02. The zero-order valence-corrected chi connectivity index (χ0v) is 11.8. The lowest BCUT2D eigenvalue weighted by atomic mass is 9.98. The fraction of sp³-hybridized carbons (Fsp3) is 0.533. The number of ether oxygens (including phenoxy) is 2. The first kappa shape index (κ1) is 13.7. The normalized spacial score (nSPS) is 21.1. The maximum absolute atomic E-state index is 10.9. The first-order valence-electron chi connectivity index (χ1n) is 6.43. The second kappa shape index (κ2) is 5.11. The third-order valence-corrected chi connectivity index (χ3v) is 4.02. The summed E-state index contributed by atoms with van der Waals surface area (Å²) in [7, 11) is 3.30. The molecule has 1 saturated carbocycles. The molecule has 0 bridgehead atoms. The van der Waals surface area contributed by atoms with Gasteiger partial charge in [0.1, 0.15) is 11.5 Å². The highest BCUT2D eigenvalue weighted by molar-refractivity contribution is 5.73. The molecule has 0 aliphatic heterocycles. The van der Waals surface area contributed by atoms with E-state index in [1.54, 1.807) is 14.2 Å². The lowest BCUT2D eigenvalue weighted by Gasteiger charge is -2.16. The van der Waals surface area contributed by atoms with Gasteiger partial charge in [-0.2, -0.15) is 0 Å². The summed E-state index contributed by atoms with van der Waals surface area (Å²) in [6.07, 6.45) is 1.49. The molecule has 2 rings (SSSR count). The molecule has 0 amide bonds. The second-order valence-corrected chi connectivity index (χ2v) is 5.17. The number of carboxylic acids is 1. The number of aliphatic carboxylic acids is 1. The van der Waals surface area contributed by atoms with Crippen LogP contribution in [0.4, 0.5) is 0 Å². The van der Waals surface area contributed by atoms with Crippen LogP contribution in [0.2, 0.25) is 0 Å². The number of hydrogen-bond donors (Lipinski definition) is 1. The fourth-order valence-electron chi connectivity index (χ4n) is 2.63. The molecule has 4 heteroatoms. The number of carboxylic acid groups (broad SMARTS) is 1. The van der Waals surface area contributed by atoms with Gasteiger partial charge in [-0.25, -0.2) is 0 Å². The molecule has 0 aromatic heterocycles. The van der Waals surface area contributed by atoms with Crippen molar-refractivity contribution in [2.45, 2.75) is 26.7 Å². The lowest BCUT2D eigenvalue weighted by molar-refractivity contribution is -0.138. The minimum Gasteiger partial charge on any atom is -0.496 e. The summed E-state index contributed by atoms with van der Waals surface area (Å²) in [5.41, 5.74) is 3.16. The molecule has 104 valence electrons. The van der Waals surface area contributed by atoms with Gasteiger partial charge in [-0.3, -0.25) is 4.79 Å². The molecule has 2 atom stereocenters. The van der Waals surface area contributed by atoms with Gasteiger partial charge in [-0.15, -0.1) is 0 Å². The van der Waals surface area contributed by atoms with E-state index in [4.69, 9.17) is 14.6 Å². The Bertz CT molecular complexity index is 507. The molecule has 1 fully saturated rings. The summed E-state index contributed by atoms with van der Waals surface area (Å²) < 4.78 is 10.8. The Kier molecular flexibility index (Phi) is 3.69. The Balaban J connectivity index is 2.29. The molecule has 4 nitrogen and oxygen atoms in total. The predicted molar refractivity (Wildman–Crippen MR) is 72.0 cm³/mol. The van der Waals surface area contributed by atoms with Gasteiger partial charge < -0.3 is 14.6 Å². The minimum atomic E-state index is -0.695. The monoisotopic (exact) mass is 264 g/mol. The number of benzene rings is 1. The first-order chi connectivity index (χ1) is 8.99. The smallest absolute Gasteiger partial charge is 0.306 e. The van der Waals surface area contributed by atoms with E-state index in [1.807, 2.05) is 19.9 Å². The van der Waals surface area contributed by atoms with Crippen LogP contribution in [0.3, 0.4) is 0 Å². The third kappa shape index (κ3) is 2.53. The fourth-order valence-corrected chi connectivity index (χ4v) is 2.63. The molecule has 0 radical (unpaired) electrons. The second-order valence-electron chi connectivity index (χ2n) is 5.17. The van der Waals surface area contributed by atoms with Crippen LogP contribution in [-0.4, -0.2) is 25.3 Å². The zero-order valence-electron chi connectivity index (χ0n) is 11.8. The quantitative estimate of drug-likeness (QED) is 0.888. The van der Waals surface area contributed by atoms with Crippen LogP contribution in [0.15, 0.2) is 6.07 Å². The van der Waals surface area contributed by atoms with Crippen molar-refractivity contribution in [2.75, 3.05) is 14.2 Å². The van der Waals surface area contributed by atoms with E-state index >= 15 is 0 Å². The topological polar surface area (TPSA) is 55.8 Å². The average molecular weight is 264 g/mol. The molecular weight excluding hydrogens is 244 g/mol. The van der Waals surface area contributed by atoms with Crippen molar-refractivity contribution in [1.29, 1.82) is 0 Å². The van der Waals surface area contributed by atoms with Crippen molar-refractivity contribution in [3.8, 4) is 11.5 Å². The molecule has 1 N–H and O–H groups in total. The van der Waals surface area contributed by atoms with Crippen molar-refractivity contribution < 1.29 is 19.4 Å². The van der Waals surface area contributed by atoms with Gasteiger partial charge in [0.25, 0.3) is 0 Å². The Morgan fingerprint density at radius 3 is 2.47 bits per heavy atom. The summed E-state index contributed by atoms with van der Waals surface area (Å²) in [6, 6.07) is 1.97. The van der Waals surface area contributed by atoms with Crippen molar-refractivity contribution in [2.24, 2.45) is 11.8 Å². The number of carbonyl (C=O) groups is 1. The molecule has 1 aliphatic carbocycles. The molecule has 2 unspecified atom stereocenters. The molecule has 1 aliphatic rings. The van der Waals surface area contributed by atoms with Crippen LogP contribution in [0.1, 0.15) is 23.1 Å². The van der Waals surface area contributed by atoms with Crippen molar-refractivity contribution in [3.63, 3.8) is 0 Å². The van der Waals surface area contributed by atoms with Crippen molar-refractivity contribution in [1.82, 2.24) is 0 Å². The Labute approximate surface area is 113 Å². The van der Waals surface area contributed by atoms with Crippen LogP contribution in [0.25, 0.3) is 0 Å². The average Bonchev–Trinajstić information content (AvgIpc) is 3.13. The maximum atomic E-state index is 10.9. The van der Waals surface area contributed by atoms with Gasteiger partial charge in [0, 0.05) is 0 Å². The molecule has 19 heavy (non-hydrogen) atoms. The SMILES string of the molecule is COc1cc(CC2CC2C(=O)O)c(OC)c(C)c1C. The van der Waals surface area contributed by atoms with E-state index in [1.165, 1.54) is 0 Å². The Morgan fingerprint density at radius 2 is 2.00 bits per heavy atom. The van der Waals surface area contributed by atoms with Gasteiger partial charge in [0.15, 0.2) is 0 Å². The summed E-state index contributed by atoms with van der Waals surface area (Å²) in [6.45, 7) is 4.00. The summed E-state index contributed by atoms with van der Waals surface area (Å²) in [5, 5.41) is 8.97. The van der Waals surface area contributed by atoms with Gasteiger partial charge in [0.2, 0.25) is 0 Å². The molecule has 1 aromatic rings. The molecule has 0 heterocycles. The van der Waals surface area contributed by atoms with Crippen LogP contribution < -0.4 is 9.47 Å². The molecular formula is C15H20O4. The van der Waals surface area contributed by atoms with Gasteiger partial charge in [0.05, 0.1) is 20.1 Å². The highest BCUT2D eigenvalue weighted by atomic mass is 16.5. The predicted octanol–water partition coefficient (Wildman–Crippen LogP) is 2.58. The highest BCUT2D eigenvalue weighted by Gasteiger charge is 2.43. The van der Waals surface area contributed by atoms with Crippen LogP contribution in [0, 0.1) is 25.7 Å². The molecule has 0 saturated heterocycles. The van der Waals surface area contributed by atoms with E-state index in [9.17, 15) is 4.79 Å². The van der Waals surface area contributed by atoms with E-state index in [-0.39, 0.29) is 11.8 Å². The number of rotatable bonds is 5. The van der Waals surface area contributed by atoms with E-state index in [0.29, 0.717) is 0 Å². The van der Waals surface area contributed by atoms with Crippen LogP contribution >= 0.6 is 0 Å². The maximum Gasteiger partial charge on any atom is 0.306 e. The van der Waals surface area contributed by atoms with Gasteiger partial charge in [-0.05, 0) is 55.4 Å². The van der Waals surface area contributed by atoms with E-state index in [0.717, 1.165) is 41.0 Å². The molecule has 0 spiro atoms.